The maximum Gasteiger partial charge on any atom is 0.246 e. The van der Waals surface area contributed by atoms with E-state index < -0.39 is 5.82 Å². The van der Waals surface area contributed by atoms with Crippen molar-refractivity contribution in [2.75, 3.05) is 29.9 Å². The van der Waals surface area contributed by atoms with Crippen molar-refractivity contribution in [2.24, 2.45) is 7.05 Å². The van der Waals surface area contributed by atoms with Gasteiger partial charge in [-0.1, -0.05) is 6.58 Å². The van der Waals surface area contributed by atoms with E-state index in [-0.39, 0.29) is 11.4 Å². The van der Waals surface area contributed by atoms with Crippen LogP contribution in [0.15, 0.2) is 67.8 Å². The highest BCUT2D eigenvalue weighted by Gasteiger charge is 2.36. The molecule has 10 nitrogen and oxygen atoms in total. The van der Waals surface area contributed by atoms with Crippen LogP contribution in [0.2, 0.25) is 0 Å². The Morgan fingerprint density at radius 1 is 1.10 bits per heavy atom. The number of fused-ring (bicyclic) bond motifs is 2. The summed E-state index contributed by atoms with van der Waals surface area (Å²) >= 11 is 0. The van der Waals surface area contributed by atoms with Crippen molar-refractivity contribution in [1.29, 1.82) is 0 Å². The molecule has 0 unspecified atom stereocenters. The summed E-state index contributed by atoms with van der Waals surface area (Å²) in [7, 11) is 1.75. The molecule has 214 valence electrons. The van der Waals surface area contributed by atoms with Crippen molar-refractivity contribution < 1.29 is 13.9 Å². The van der Waals surface area contributed by atoms with Crippen molar-refractivity contribution in [3.63, 3.8) is 0 Å². The Morgan fingerprint density at radius 3 is 2.69 bits per heavy atom. The molecule has 5 aromatic rings. The number of aryl methyl sites for hydroxylation is 2. The molecule has 0 spiro atoms. The Bertz CT molecular complexity index is 1850. The van der Waals surface area contributed by atoms with Gasteiger partial charge in [-0.05, 0) is 62.7 Å². The minimum absolute atomic E-state index is 0.0702. The molecule has 0 radical (unpaired) electrons. The van der Waals surface area contributed by atoms with Crippen LogP contribution in [0.4, 0.5) is 21.7 Å². The highest BCUT2D eigenvalue weighted by molar-refractivity contribution is 5.89. The number of benzene rings is 2. The Kier molecular flexibility index (Phi) is 6.72. The van der Waals surface area contributed by atoms with Gasteiger partial charge in [0.25, 0.3) is 0 Å². The van der Waals surface area contributed by atoms with Gasteiger partial charge in [0.1, 0.15) is 34.7 Å². The van der Waals surface area contributed by atoms with Crippen molar-refractivity contribution >= 4 is 45.3 Å². The number of halogens is 1. The van der Waals surface area contributed by atoms with Crippen LogP contribution in [0, 0.1) is 12.7 Å². The second-order valence-corrected chi connectivity index (χ2v) is 11.0. The molecule has 1 saturated heterocycles. The van der Waals surface area contributed by atoms with E-state index in [0.29, 0.717) is 59.0 Å². The van der Waals surface area contributed by atoms with Crippen molar-refractivity contribution in [1.82, 2.24) is 29.4 Å². The maximum absolute atomic E-state index is 14.6. The molecule has 4 heterocycles. The van der Waals surface area contributed by atoms with Gasteiger partial charge in [-0.25, -0.2) is 24.3 Å². The Morgan fingerprint density at radius 2 is 1.93 bits per heavy atom. The highest BCUT2D eigenvalue weighted by Crippen LogP contribution is 2.32. The van der Waals surface area contributed by atoms with Gasteiger partial charge in [-0.15, -0.1) is 0 Å². The molecule has 1 amide bonds. The van der Waals surface area contributed by atoms with E-state index in [2.05, 4.69) is 31.7 Å². The minimum Gasteiger partial charge on any atom is -0.457 e. The van der Waals surface area contributed by atoms with Gasteiger partial charge in [-0.2, -0.15) is 0 Å². The second-order valence-electron chi connectivity index (χ2n) is 11.0. The third-order valence-corrected chi connectivity index (χ3v) is 7.54. The molecule has 3 aromatic heterocycles. The quantitative estimate of drug-likeness (QED) is 0.269. The Balaban J connectivity index is 1.23. The molecular weight excluding hydrogens is 535 g/mol. The number of amides is 1. The number of hydrogen-bond acceptors (Lipinski definition) is 8. The topological polar surface area (TPSA) is 101 Å². The largest absolute Gasteiger partial charge is 0.457 e. The normalized spacial score (nSPS) is 14.8. The van der Waals surface area contributed by atoms with E-state index in [4.69, 9.17) is 9.72 Å². The van der Waals surface area contributed by atoms with Crippen LogP contribution in [0.5, 0.6) is 11.5 Å². The van der Waals surface area contributed by atoms with Gasteiger partial charge in [0.15, 0.2) is 11.6 Å². The van der Waals surface area contributed by atoms with Crippen molar-refractivity contribution in [3.05, 3.63) is 79.2 Å². The van der Waals surface area contributed by atoms with Gasteiger partial charge in [0, 0.05) is 44.5 Å². The molecule has 0 saturated carbocycles. The predicted molar refractivity (Wildman–Crippen MR) is 161 cm³/mol. The lowest BCUT2D eigenvalue weighted by Crippen LogP contribution is -2.61. The first kappa shape index (κ1) is 27.1. The average molecular weight is 567 g/mol. The van der Waals surface area contributed by atoms with E-state index >= 15 is 0 Å². The Labute approximate surface area is 242 Å². The molecule has 6 rings (SSSR count). The van der Waals surface area contributed by atoms with E-state index in [9.17, 15) is 9.18 Å². The lowest BCUT2D eigenvalue weighted by molar-refractivity contribution is -0.131. The number of piperazine rings is 1. The molecule has 1 N–H and O–H groups in total. The molecule has 0 bridgehead atoms. The number of pyridine rings is 1. The minimum atomic E-state index is -0.392. The standard InChI is InChI=1S/C31H31FN8O2/c1-6-27(41)40-12-11-39(16-31(40,3)4)26-10-8-23-28(37-26)30(34-17-33-23)36-20-7-9-25(19(2)13-20)42-21-14-22(32)29-24(15-21)35-18-38(29)5/h6-10,13-15,17-18H,1,11-12,16H2,2-5H3,(H,33,34,36). The number of hydrogen-bond donors (Lipinski definition) is 1. The lowest BCUT2D eigenvalue weighted by atomic mass is 9.98. The maximum atomic E-state index is 14.6. The SMILES string of the molecule is C=CC(=O)N1CCN(c2ccc3ncnc(Nc4ccc(Oc5cc(F)c6c(c5)ncn6C)c(C)c4)c3n2)CC1(C)C. The first-order chi connectivity index (χ1) is 20.1. The number of rotatable bonds is 6. The third-order valence-electron chi connectivity index (χ3n) is 7.54. The fourth-order valence-electron chi connectivity index (χ4n) is 5.45. The third kappa shape index (κ3) is 4.98. The number of anilines is 3. The van der Waals surface area contributed by atoms with Crippen LogP contribution in [0.25, 0.3) is 22.1 Å². The van der Waals surface area contributed by atoms with E-state index in [1.165, 1.54) is 18.5 Å². The van der Waals surface area contributed by atoms with Gasteiger partial charge >= 0.3 is 0 Å². The molecule has 1 aliphatic rings. The lowest BCUT2D eigenvalue weighted by Gasteiger charge is -2.47. The van der Waals surface area contributed by atoms with Gasteiger partial charge in [-0.3, -0.25) is 4.79 Å². The molecule has 0 atom stereocenters. The summed E-state index contributed by atoms with van der Waals surface area (Å²) in [4.78, 5) is 34.4. The zero-order chi connectivity index (χ0) is 29.6. The summed E-state index contributed by atoms with van der Waals surface area (Å²) in [6, 6.07) is 12.6. The zero-order valence-electron chi connectivity index (χ0n) is 23.9. The predicted octanol–water partition coefficient (Wildman–Crippen LogP) is 5.51. The first-order valence-corrected chi connectivity index (χ1v) is 13.6. The number of nitrogens with zero attached hydrogens (tertiary/aromatic N) is 7. The van der Waals surface area contributed by atoms with Crippen molar-refractivity contribution in [2.45, 2.75) is 26.3 Å². The van der Waals surface area contributed by atoms with Crippen molar-refractivity contribution in [3.8, 4) is 11.5 Å². The molecule has 2 aromatic carbocycles. The summed E-state index contributed by atoms with van der Waals surface area (Å²) in [6.07, 6.45) is 4.44. The fourth-order valence-corrected chi connectivity index (χ4v) is 5.45. The van der Waals surface area contributed by atoms with Gasteiger partial charge in [0.2, 0.25) is 5.91 Å². The molecule has 42 heavy (non-hydrogen) atoms. The molecular formula is C31H31FN8O2. The highest BCUT2D eigenvalue weighted by atomic mass is 19.1. The Hall–Kier alpha value is -5.06. The summed E-state index contributed by atoms with van der Waals surface area (Å²) < 4.78 is 22.3. The van der Waals surface area contributed by atoms with Crippen LogP contribution in [-0.2, 0) is 11.8 Å². The monoisotopic (exact) mass is 566 g/mol. The van der Waals surface area contributed by atoms with Crippen LogP contribution in [0.3, 0.4) is 0 Å². The number of aromatic nitrogens is 5. The summed E-state index contributed by atoms with van der Waals surface area (Å²) in [6.45, 7) is 11.5. The molecule has 0 aliphatic carbocycles. The van der Waals surface area contributed by atoms with E-state index in [1.54, 1.807) is 24.0 Å². The second kappa shape index (κ2) is 10.4. The first-order valence-electron chi connectivity index (χ1n) is 13.6. The number of ether oxygens (including phenoxy) is 1. The average Bonchev–Trinajstić information content (AvgIpc) is 3.34. The zero-order valence-corrected chi connectivity index (χ0v) is 23.9. The molecule has 1 fully saturated rings. The van der Waals surface area contributed by atoms with Gasteiger partial charge < -0.3 is 24.4 Å². The summed E-state index contributed by atoms with van der Waals surface area (Å²) in [5.74, 6) is 1.86. The summed E-state index contributed by atoms with van der Waals surface area (Å²) in [5.41, 5.74) is 3.56. The van der Waals surface area contributed by atoms with Crippen LogP contribution in [0.1, 0.15) is 19.4 Å². The van der Waals surface area contributed by atoms with Gasteiger partial charge in [0.05, 0.1) is 22.9 Å². The smallest absolute Gasteiger partial charge is 0.246 e. The van der Waals surface area contributed by atoms with E-state index in [0.717, 1.165) is 17.1 Å². The van der Waals surface area contributed by atoms with Crippen LogP contribution in [-0.4, -0.2) is 60.5 Å². The number of carbonyl (C=O) groups is 1. The van der Waals surface area contributed by atoms with E-state index in [1.807, 2.05) is 56.0 Å². The fraction of sp³-hybridized carbons (Fsp3) is 0.258. The molecule has 1 aliphatic heterocycles. The van der Waals surface area contributed by atoms with Crippen LogP contribution < -0.4 is 15.0 Å². The number of nitrogens with one attached hydrogen (secondary N) is 1. The number of imidazole rings is 1. The number of carbonyl (C=O) groups excluding carboxylic acids is 1. The summed E-state index contributed by atoms with van der Waals surface area (Å²) in [5, 5.41) is 3.37. The van der Waals surface area contributed by atoms with Crippen LogP contribution >= 0.6 is 0 Å². The molecule has 11 heteroatoms.